The van der Waals surface area contributed by atoms with Gasteiger partial charge < -0.3 is 9.80 Å². The van der Waals surface area contributed by atoms with Crippen LogP contribution in [-0.2, 0) is 16.0 Å². The normalized spacial score (nSPS) is 22.4. The third-order valence-corrected chi connectivity index (χ3v) is 5.17. The van der Waals surface area contributed by atoms with Gasteiger partial charge in [-0.2, -0.15) is 0 Å². The molecule has 2 aliphatic heterocycles. The summed E-state index contributed by atoms with van der Waals surface area (Å²) in [7, 11) is 0. The van der Waals surface area contributed by atoms with Crippen LogP contribution in [0, 0.1) is 5.92 Å². The molecule has 1 saturated heterocycles. The van der Waals surface area contributed by atoms with Crippen LogP contribution in [0.3, 0.4) is 0 Å². The Kier molecular flexibility index (Phi) is 4.19. The zero-order valence-electron chi connectivity index (χ0n) is 13.4. The maximum absolute atomic E-state index is 12.9. The van der Waals surface area contributed by atoms with E-state index in [4.69, 9.17) is 0 Å². The first kappa shape index (κ1) is 15.1. The van der Waals surface area contributed by atoms with Gasteiger partial charge in [0, 0.05) is 32.5 Å². The second kappa shape index (κ2) is 6.11. The summed E-state index contributed by atoms with van der Waals surface area (Å²) in [5, 5.41) is 0. The van der Waals surface area contributed by atoms with Crippen molar-refractivity contribution in [2.75, 3.05) is 19.6 Å². The fourth-order valence-corrected chi connectivity index (χ4v) is 3.75. The minimum Gasteiger partial charge on any atom is -0.343 e. The van der Waals surface area contributed by atoms with Gasteiger partial charge in [0.2, 0.25) is 11.8 Å². The van der Waals surface area contributed by atoms with E-state index in [1.807, 2.05) is 9.80 Å². The molecule has 0 N–H and O–H groups in total. The van der Waals surface area contributed by atoms with E-state index in [-0.39, 0.29) is 23.8 Å². The average Bonchev–Trinajstić information content (AvgIpc) is 2.55. The predicted octanol–water partition coefficient (Wildman–Crippen LogP) is 2.39. The Morgan fingerprint density at radius 2 is 1.77 bits per heavy atom. The lowest BCUT2D eigenvalue weighted by Crippen LogP contribution is -2.46. The van der Waals surface area contributed by atoms with Crippen LogP contribution < -0.4 is 0 Å². The topological polar surface area (TPSA) is 40.6 Å². The summed E-state index contributed by atoms with van der Waals surface area (Å²) in [6, 6.07) is 8.58. The van der Waals surface area contributed by atoms with Gasteiger partial charge in [0.05, 0.1) is 6.04 Å². The highest BCUT2D eigenvalue weighted by Crippen LogP contribution is 2.32. The molecular weight excluding hydrogens is 276 g/mol. The van der Waals surface area contributed by atoms with Gasteiger partial charge >= 0.3 is 0 Å². The van der Waals surface area contributed by atoms with Gasteiger partial charge in [-0.3, -0.25) is 9.59 Å². The molecule has 2 amide bonds. The van der Waals surface area contributed by atoms with Crippen molar-refractivity contribution in [1.29, 1.82) is 0 Å². The fraction of sp³-hybridized carbons (Fsp3) is 0.556. The number of likely N-dealkylation sites (tertiary alicyclic amines) is 1. The summed E-state index contributed by atoms with van der Waals surface area (Å²) in [6.07, 6.45) is 2.53. The van der Waals surface area contributed by atoms with E-state index in [9.17, 15) is 9.59 Å². The molecule has 1 aromatic carbocycles. The molecule has 118 valence electrons. The zero-order chi connectivity index (χ0) is 15.7. The van der Waals surface area contributed by atoms with Crippen LogP contribution in [-0.4, -0.2) is 41.2 Å². The number of amides is 2. The number of hydrogen-bond donors (Lipinski definition) is 0. The van der Waals surface area contributed by atoms with E-state index < -0.39 is 0 Å². The first-order chi connectivity index (χ1) is 10.6. The number of rotatable bonds is 1. The summed E-state index contributed by atoms with van der Waals surface area (Å²) >= 11 is 0. The van der Waals surface area contributed by atoms with Crippen LogP contribution in [0.2, 0.25) is 0 Å². The lowest BCUT2D eigenvalue weighted by Gasteiger charge is -2.39. The average molecular weight is 300 g/mol. The van der Waals surface area contributed by atoms with Crippen molar-refractivity contribution in [1.82, 2.24) is 9.80 Å². The van der Waals surface area contributed by atoms with Gasteiger partial charge in [0.15, 0.2) is 0 Å². The number of piperidine rings is 1. The zero-order valence-corrected chi connectivity index (χ0v) is 13.4. The molecule has 0 radical (unpaired) electrons. The van der Waals surface area contributed by atoms with Crippen molar-refractivity contribution in [2.24, 2.45) is 5.92 Å². The molecule has 0 aliphatic carbocycles. The molecule has 1 unspecified atom stereocenters. The largest absolute Gasteiger partial charge is 0.343 e. The van der Waals surface area contributed by atoms with E-state index in [0.717, 1.165) is 25.8 Å². The van der Waals surface area contributed by atoms with Crippen molar-refractivity contribution in [3.05, 3.63) is 35.4 Å². The van der Waals surface area contributed by atoms with Crippen molar-refractivity contribution in [3.63, 3.8) is 0 Å². The van der Waals surface area contributed by atoms with Gasteiger partial charge in [0.25, 0.3) is 0 Å². The summed E-state index contributed by atoms with van der Waals surface area (Å²) in [5.41, 5.74) is 2.65. The molecule has 22 heavy (non-hydrogen) atoms. The lowest BCUT2D eigenvalue weighted by atomic mass is 9.90. The van der Waals surface area contributed by atoms with Crippen LogP contribution in [0.15, 0.2) is 24.3 Å². The highest BCUT2D eigenvalue weighted by atomic mass is 16.2. The van der Waals surface area contributed by atoms with Crippen molar-refractivity contribution in [2.45, 2.75) is 39.2 Å². The van der Waals surface area contributed by atoms with Crippen molar-refractivity contribution < 1.29 is 9.59 Å². The summed E-state index contributed by atoms with van der Waals surface area (Å²) < 4.78 is 0. The molecule has 0 spiro atoms. The Hall–Kier alpha value is -1.84. The van der Waals surface area contributed by atoms with Crippen LogP contribution in [0.1, 0.15) is 43.9 Å². The van der Waals surface area contributed by atoms with Crippen LogP contribution >= 0.6 is 0 Å². The molecular formula is C18H24N2O2. The summed E-state index contributed by atoms with van der Waals surface area (Å²) in [5.74, 6) is 0.458. The standard InChI is InChI=1S/C18H24N2O2/c1-13-17-6-4-3-5-15(17)9-12-20(13)18(22)16-7-10-19(11-8-16)14(2)21/h3-6,13,16H,7-12H2,1-2H3. The molecule has 2 aliphatic rings. The summed E-state index contributed by atoms with van der Waals surface area (Å²) in [4.78, 5) is 28.2. The number of carbonyl (C=O) groups is 2. The number of nitrogens with zero attached hydrogens (tertiary/aromatic N) is 2. The maximum atomic E-state index is 12.9. The minimum absolute atomic E-state index is 0.0725. The molecule has 0 aromatic heterocycles. The van der Waals surface area contributed by atoms with E-state index >= 15 is 0 Å². The van der Waals surface area contributed by atoms with Gasteiger partial charge in [0.1, 0.15) is 0 Å². The molecule has 1 aromatic rings. The molecule has 0 saturated carbocycles. The SMILES string of the molecule is CC(=O)N1CCC(C(=O)N2CCc3ccccc3C2C)CC1. The smallest absolute Gasteiger partial charge is 0.226 e. The maximum Gasteiger partial charge on any atom is 0.226 e. The second-order valence-corrected chi connectivity index (χ2v) is 6.44. The van der Waals surface area contributed by atoms with Gasteiger partial charge in [-0.1, -0.05) is 24.3 Å². The number of fused-ring (bicyclic) bond motifs is 1. The molecule has 1 atom stereocenters. The Balaban J connectivity index is 1.68. The molecule has 3 rings (SSSR count). The van der Waals surface area contributed by atoms with Crippen molar-refractivity contribution in [3.8, 4) is 0 Å². The Bertz CT molecular complexity index is 576. The van der Waals surface area contributed by atoms with Crippen LogP contribution in [0.25, 0.3) is 0 Å². The van der Waals surface area contributed by atoms with Gasteiger partial charge in [-0.25, -0.2) is 0 Å². The molecule has 0 bridgehead atoms. The van der Waals surface area contributed by atoms with E-state index in [2.05, 4.69) is 31.2 Å². The molecule has 1 fully saturated rings. The molecule has 4 nitrogen and oxygen atoms in total. The van der Waals surface area contributed by atoms with E-state index in [1.165, 1.54) is 11.1 Å². The Morgan fingerprint density at radius 1 is 1.09 bits per heavy atom. The molecule has 4 heteroatoms. The van der Waals surface area contributed by atoms with Crippen molar-refractivity contribution >= 4 is 11.8 Å². The highest BCUT2D eigenvalue weighted by molar-refractivity contribution is 5.80. The first-order valence-corrected chi connectivity index (χ1v) is 8.21. The first-order valence-electron chi connectivity index (χ1n) is 8.21. The number of benzene rings is 1. The third kappa shape index (κ3) is 2.74. The van der Waals surface area contributed by atoms with E-state index in [0.29, 0.717) is 13.1 Å². The lowest BCUT2D eigenvalue weighted by molar-refractivity contribution is -0.142. The fourth-order valence-electron chi connectivity index (χ4n) is 3.75. The quantitative estimate of drug-likeness (QED) is 0.799. The predicted molar refractivity (Wildman–Crippen MR) is 85.3 cm³/mol. The minimum atomic E-state index is 0.0725. The van der Waals surface area contributed by atoms with Gasteiger partial charge in [-0.15, -0.1) is 0 Å². The van der Waals surface area contributed by atoms with Crippen LogP contribution in [0.4, 0.5) is 0 Å². The monoisotopic (exact) mass is 300 g/mol. The number of hydrogen-bond acceptors (Lipinski definition) is 2. The van der Waals surface area contributed by atoms with E-state index in [1.54, 1.807) is 6.92 Å². The Labute approximate surface area is 132 Å². The third-order valence-electron chi connectivity index (χ3n) is 5.17. The second-order valence-electron chi connectivity index (χ2n) is 6.44. The van der Waals surface area contributed by atoms with Crippen LogP contribution in [0.5, 0.6) is 0 Å². The van der Waals surface area contributed by atoms with Gasteiger partial charge in [-0.05, 0) is 37.3 Å². The number of carbonyl (C=O) groups excluding carboxylic acids is 2. The molecule has 2 heterocycles. The Morgan fingerprint density at radius 3 is 2.45 bits per heavy atom. The highest BCUT2D eigenvalue weighted by Gasteiger charge is 2.33. The summed E-state index contributed by atoms with van der Waals surface area (Å²) in [6.45, 7) is 5.96.